The number of rotatable bonds is 7. The van der Waals surface area contributed by atoms with Crippen LogP contribution in [-0.2, 0) is 16.0 Å². The minimum atomic E-state index is -0.131. The van der Waals surface area contributed by atoms with E-state index in [9.17, 15) is 4.79 Å². The number of hydrogen-bond donors (Lipinski definition) is 1. The van der Waals surface area contributed by atoms with E-state index in [0.717, 1.165) is 26.1 Å². The largest absolute Gasteiger partial charge is 0.484 e. The van der Waals surface area contributed by atoms with Crippen LogP contribution in [-0.4, -0.2) is 50.2 Å². The van der Waals surface area contributed by atoms with Crippen molar-refractivity contribution in [1.29, 1.82) is 0 Å². The second-order valence-electron chi connectivity index (χ2n) is 6.92. The van der Waals surface area contributed by atoms with Crippen molar-refractivity contribution in [3.8, 4) is 5.75 Å². The number of nitrogens with one attached hydrogen (secondary N) is 1. The van der Waals surface area contributed by atoms with E-state index in [-0.39, 0.29) is 18.6 Å². The standard InChI is InChI=1S/C22H28N2O3/c1-17(14-18-8-10-20(11-9-18)27-16-22(25)23-2)24-12-13-26-21(15-24)19-6-4-3-5-7-19/h3-11,17,21H,12-16H2,1-2H3,(H,23,25). The highest BCUT2D eigenvalue weighted by atomic mass is 16.5. The number of hydrogen-bond acceptors (Lipinski definition) is 4. The van der Waals surface area contributed by atoms with Crippen LogP contribution in [0.15, 0.2) is 54.6 Å². The van der Waals surface area contributed by atoms with Crippen LogP contribution in [0.5, 0.6) is 5.75 Å². The lowest BCUT2D eigenvalue weighted by molar-refractivity contribution is -0.122. The Morgan fingerprint density at radius 3 is 2.67 bits per heavy atom. The molecule has 1 saturated heterocycles. The fourth-order valence-electron chi connectivity index (χ4n) is 3.35. The summed E-state index contributed by atoms with van der Waals surface area (Å²) in [4.78, 5) is 13.7. The Balaban J connectivity index is 1.53. The summed E-state index contributed by atoms with van der Waals surface area (Å²) in [5.41, 5.74) is 2.50. The summed E-state index contributed by atoms with van der Waals surface area (Å²) in [6.45, 7) is 4.94. The maximum Gasteiger partial charge on any atom is 0.257 e. The molecular weight excluding hydrogens is 340 g/mol. The Morgan fingerprint density at radius 1 is 1.22 bits per heavy atom. The molecular formula is C22H28N2O3. The summed E-state index contributed by atoms with van der Waals surface area (Å²) in [6, 6.07) is 18.9. The smallest absolute Gasteiger partial charge is 0.257 e. The Labute approximate surface area is 161 Å². The van der Waals surface area contributed by atoms with Crippen molar-refractivity contribution < 1.29 is 14.3 Å². The predicted molar refractivity (Wildman–Crippen MR) is 106 cm³/mol. The minimum Gasteiger partial charge on any atom is -0.484 e. The third-order valence-corrected chi connectivity index (χ3v) is 5.00. The van der Waals surface area contributed by atoms with Crippen LogP contribution < -0.4 is 10.1 Å². The molecule has 0 spiro atoms. The molecule has 1 amide bonds. The monoisotopic (exact) mass is 368 g/mol. The highest BCUT2D eigenvalue weighted by molar-refractivity contribution is 5.77. The van der Waals surface area contributed by atoms with Crippen LogP contribution in [0.1, 0.15) is 24.2 Å². The van der Waals surface area contributed by atoms with Crippen molar-refractivity contribution in [2.45, 2.75) is 25.5 Å². The molecule has 5 heteroatoms. The maximum atomic E-state index is 11.2. The molecule has 3 rings (SSSR count). The average Bonchev–Trinajstić information content (AvgIpc) is 2.73. The number of ether oxygens (including phenoxy) is 2. The Morgan fingerprint density at radius 2 is 1.96 bits per heavy atom. The van der Waals surface area contributed by atoms with Gasteiger partial charge in [-0.25, -0.2) is 0 Å². The van der Waals surface area contributed by atoms with Gasteiger partial charge in [0.05, 0.1) is 12.7 Å². The molecule has 2 aromatic rings. The van der Waals surface area contributed by atoms with Crippen LogP contribution in [0.4, 0.5) is 0 Å². The molecule has 1 N–H and O–H groups in total. The van der Waals surface area contributed by atoms with Crippen molar-refractivity contribution in [2.24, 2.45) is 0 Å². The van der Waals surface area contributed by atoms with E-state index in [4.69, 9.17) is 9.47 Å². The topological polar surface area (TPSA) is 50.8 Å². The minimum absolute atomic E-state index is 0.0426. The van der Waals surface area contributed by atoms with Crippen molar-refractivity contribution in [3.05, 3.63) is 65.7 Å². The Bertz CT molecular complexity index is 718. The molecule has 0 saturated carbocycles. The van der Waals surface area contributed by atoms with E-state index in [1.54, 1.807) is 7.05 Å². The molecule has 1 fully saturated rings. The number of morpholine rings is 1. The molecule has 0 aliphatic carbocycles. The van der Waals surface area contributed by atoms with Gasteiger partial charge in [0, 0.05) is 26.2 Å². The van der Waals surface area contributed by atoms with Crippen LogP contribution in [0.25, 0.3) is 0 Å². The zero-order chi connectivity index (χ0) is 19.1. The average molecular weight is 368 g/mol. The summed E-state index contributed by atoms with van der Waals surface area (Å²) in [5, 5.41) is 2.54. The molecule has 0 radical (unpaired) electrons. The van der Waals surface area contributed by atoms with Gasteiger partial charge in [-0.05, 0) is 36.6 Å². The van der Waals surface area contributed by atoms with Gasteiger partial charge in [0.2, 0.25) is 0 Å². The van der Waals surface area contributed by atoms with Crippen LogP contribution in [0, 0.1) is 0 Å². The van der Waals surface area contributed by atoms with Crippen molar-refractivity contribution in [2.75, 3.05) is 33.4 Å². The van der Waals surface area contributed by atoms with Crippen molar-refractivity contribution in [1.82, 2.24) is 10.2 Å². The molecule has 2 unspecified atom stereocenters. The van der Waals surface area contributed by atoms with E-state index in [1.165, 1.54) is 11.1 Å². The summed E-state index contributed by atoms with van der Waals surface area (Å²) in [5.74, 6) is 0.582. The first kappa shape index (κ1) is 19.4. The number of carbonyl (C=O) groups is 1. The molecule has 27 heavy (non-hydrogen) atoms. The fraction of sp³-hybridized carbons (Fsp3) is 0.409. The lowest BCUT2D eigenvalue weighted by Gasteiger charge is -2.37. The first-order valence-electron chi connectivity index (χ1n) is 9.48. The van der Waals surface area contributed by atoms with Crippen LogP contribution >= 0.6 is 0 Å². The molecule has 0 bridgehead atoms. The molecule has 1 heterocycles. The summed E-state index contributed by atoms with van der Waals surface area (Å²) >= 11 is 0. The van der Waals surface area contributed by atoms with Crippen LogP contribution in [0.2, 0.25) is 0 Å². The molecule has 0 aromatic heterocycles. The fourth-order valence-corrected chi connectivity index (χ4v) is 3.35. The van der Waals surface area contributed by atoms with Crippen molar-refractivity contribution in [3.63, 3.8) is 0 Å². The lowest BCUT2D eigenvalue weighted by atomic mass is 10.0. The lowest BCUT2D eigenvalue weighted by Crippen LogP contribution is -2.44. The highest BCUT2D eigenvalue weighted by Gasteiger charge is 2.25. The van der Waals surface area contributed by atoms with Gasteiger partial charge >= 0.3 is 0 Å². The second kappa shape index (κ2) is 9.53. The molecule has 1 aliphatic rings. The first-order chi connectivity index (χ1) is 13.2. The first-order valence-corrected chi connectivity index (χ1v) is 9.48. The van der Waals surface area contributed by atoms with Crippen molar-refractivity contribution >= 4 is 5.91 Å². The van der Waals surface area contributed by atoms with Gasteiger partial charge < -0.3 is 14.8 Å². The second-order valence-corrected chi connectivity index (χ2v) is 6.92. The normalized spacial score (nSPS) is 18.7. The van der Waals surface area contributed by atoms with Gasteiger partial charge in [-0.2, -0.15) is 0 Å². The van der Waals surface area contributed by atoms with Gasteiger partial charge in [0.25, 0.3) is 5.91 Å². The molecule has 2 aromatic carbocycles. The molecule has 1 aliphatic heterocycles. The SMILES string of the molecule is CNC(=O)COc1ccc(CC(C)N2CCOC(c3ccccc3)C2)cc1. The number of likely N-dealkylation sites (N-methyl/N-ethyl adjacent to an activating group) is 1. The van der Waals surface area contributed by atoms with Crippen LogP contribution in [0.3, 0.4) is 0 Å². The highest BCUT2D eigenvalue weighted by Crippen LogP contribution is 2.24. The van der Waals surface area contributed by atoms with E-state index >= 15 is 0 Å². The Kier molecular flexibility index (Phi) is 6.85. The molecule has 2 atom stereocenters. The van der Waals surface area contributed by atoms with Gasteiger partial charge in [-0.1, -0.05) is 42.5 Å². The molecule has 144 valence electrons. The number of amides is 1. The summed E-state index contributed by atoms with van der Waals surface area (Å²) < 4.78 is 11.4. The van der Waals surface area contributed by atoms with Gasteiger partial charge in [0.1, 0.15) is 5.75 Å². The summed E-state index contributed by atoms with van der Waals surface area (Å²) in [6.07, 6.45) is 1.11. The number of nitrogens with zero attached hydrogens (tertiary/aromatic N) is 1. The predicted octanol–water partition coefficient (Wildman–Crippen LogP) is 2.82. The van der Waals surface area contributed by atoms with E-state index in [0.29, 0.717) is 11.8 Å². The van der Waals surface area contributed by atoms with E-state index in [1.807, 2.05) is 18.2 Å². The Hall–Kier alpha value is -2.37. The van der Waals surface area contributed by atoms with Gasteiger partial charge in [-0.3, -0.25) is 9.69 Å². The maximum absolute atomic E-state index is 11.2. The zero-order valence-corrected chi connectivity index (χ0v) is 16.1. The van der Waals surface area contributed by atoms with Gasteiger partial charge in [0.15, 0.2) is 6.61 Å². The van der Waals surface area contributed by atoms with Gasteiger partial charge in [-0.15, -0.1) is 0 Å². The zero-order valence-electron chi connectivity index (χ0n) is 16.1. The third-order valence-electron chi connectivity index (χ3n) is 5.00. The number of benzene rings is 2. The van der Waals surface area contributed by atoms with E-state index in [2.05, 4.69) is 53.5 Å². The molecule has 5 nitrogen and oxygen atoms in total. The third kappa shape index (κ3) is 5.55. The summed E-state index contributed by atoms with van der Waals surface area (Å²) in [7, 11) is 1.60. The quantitative estimate of drug-likeness (QED) is 0.817. The number of carbonyl (C=O) groups excluding carboxylic acids is 1. The van der Waals surface area contributed by atoms with E-state index < -0.39 is 0 Å².